The van der Waals surface area contributed by atoms with Gasteiger partial charge >= 0.3 is 0 Å². The number of nitrogens with zero attached hydrogens (tertiary/aromatic N) is 4. The topological polar surface area (TPSA) is 64.2 Å². The summed E-state index contributed by atoms with van der Waals surface area (Å²) in [6.07, 6.45) is 1.63. The maximum Gasteiger partial charge on any atom is 0.265 e. The molecule has 24 heavy (non-hydrogen) atoms. The quantitative estimate of drug-likeness (QED) is 0.590. The molecule has 120 valence electrons. The van der Waals surface area contributed by atoms with Crippen LogP contribution in [0.5, 0.6) is 0 Å². The number of rotatable bonds is 3. The Hall–Kier alpha value is -2.67. The molecule has 6 nitrogen and oxygen atoms in total. The number of halogens is 1. The highest BCUT2D eigenvalue weighted by Crippen LogP contribution is 2.29. The second-order valence-corrected chi connectivity index (χ2v) is 6.30. The van der Waals surface area contributed by atoms with E-state index in [-0.39, 0.29) is 5.56 Å². The standard InChI is InChI=1S/C17H14BrN5O/c1-19-15-12(18)7-8-13-14(15)16(24)22(17-21-20-10-23(13)17)9-11-5-3-2-4-6-11/h2-8,10,19H,9H2,1H3. The molecule has 2 aromatic heterocycles. The van der Waals surface area contributed by atoms with Crippen LogP contribution in [0.2, 0.25) is 0 Å². The molecule has 0 aliphatic carbocycles. The molecule has 0 unspecified atom stereocenters. The zero-order chi connectivity index (χ0) is 16.7. The highest BCUT2D eigenvalue weighted by atomic mass is 79.9. The smallest absolute Gasteiger partial charge is 0.265 e. The van der Waals surface area contributed by atoms with Gasteiger partial charge in [-0.2, -0.15) is 0 Å². The first-order chi connectivity index (χ1) is 11.7. The van der Waals surface area contributed by atoms with Gasteiger partial charge < -0.3 is 5.32 Å². The molecule has 0 bridgehead atoms. The number of benzene rings is 2. The Morgan fingerprint density at radius 2 is 1.96 bits per heavy atom. The lowest BCUT2D eigenvalue weighted by molar-refractivity contribution is 0.766. The van der Waals surface area contributed by atoms with Gasteiger partial charge in [-0.3, -0.25) is 13.8 Å². The van der Waals surface area contributed by atoms with E-state index in [4.69, 9.17) is 0 Å². The summed E-state index contributed by atoms with van der Waals surface area (Å²) in [6.45, 7) is 0.438. The molecule has 0 fully saturated rings. The number of hydrogen-bond donors (Lipinski definition) is 1. The number of nitrogens with one attached hydrogen (secondary N) is 1. The van der Waals surface area contributed by atoms with Crippen LogP contribution >= 0.6 is 15.9 Å². The number of fused-ring (bicyclic) bond motifs is 3. The SMILES string of the molecule is CNc1c(Br)ccc2c1c(=O)n(Cc1ccccc1)c1nncn21. The Morgan fingerprint density at radius 1 is 1.17 bits per heavy atom. The van der Waals surface area contributed by atoms with Crippen LogP contribution in [0.4, 0.5) is 5.69 Å². The van der Waals surface area contributed by atoms with E-state index in [1.165, 1.54) is 0 Å². The zero-order valence-electron chi connectivity index (χ0n) is 12.9. The van der Waals surface area contributed by atoms with E-state index in [2.05, 4.69) is 31.4 Å². The largest absolute Gasteiger partial charge is 0.386 e. The van der Waals surface area contributed by atoms with Gasteiger partial charge in [0, 0.05) is 11.5 Å². The molecule has 0 atom stereocenters. The number of aromatic nitrogens is 4. The van der Waals surface area contributed by atoms with Gasteiger partial charge in [-0.15, -0.1) is 10.2 Å². The van der Waals surface area contributed by atoms with Gasteiger partial charge in [-0.1, -0.05) is 30.3 Å². The lowest BCUT2D eigenvalue weighted by Crippen LogP contribution is -2.24. The van der Waals surface area contributed by atoms with E-state index in [0.717, 1.165) is 21.2 Å². The van der Waals surface area contributed by atoms with Gasteiger partial charge in [-0.25, -0.2) is 0 Å². The normalized spacial score (nSPS) is 11.2. The van der Waals surface area contributed by atoms with Gasteiger partial charge in [0.05, 0.1) is 23.1 Å². The Bertz CT molecular complexity index is 1100. The van der Waals surface area contributed by atoms with E-state index in [1.807, 2.05) is 46.9 Å². The van der Waals surface area contributed by atoms with Crippen LogP contribution in [-0.4, -0.2) is 26.2 Å². The van der Waals surface area contributed by atoms with Gasteiger partial charge in [0.25, 0.3) is 5.56 Å². The molecule has 0 spiro atoms. The van der Waals surface area contributed by atoms with Crippen LogP contribution in [0.25, 0.3) is 16.7 Å². The van der Waals surface area contributed by atoms with E-state index in [0.29, 0.717) is 17.7 Å². The van der Waals surface area contributed by atoms with Gasteiger partial charge in [-0.05, 0) is 33.6 Å². The zero-order valence-corrected chi connectivity index (χ0v) is 14.5. The fourth-order valence-corrected chi connectivity index (χ4v) is 3.47. The number of anilines is 1. The minimum absolute atomic E-state index is 0.0972. The molecule has 2 aromatic carbocycles. The average molecular weight is 384 g/mol. The van der Waals surface area contributed by atoms with Crippen LogP contribution in [0, 0.1) is 0 Å². The van der Waals surface area contributed by atoms with Crippen LogP contribution in [0.15, 0.2) is 58.1 Å². The Kier molecular flexibility index (Phi) is 3.57. The molecular weight excluding hydrogens is 370 g/mol. The molecule has 0 aliphatic heterocycles. The maximum absolute atomic E-state index is 13.2. The molecule has 4 aromatic rings. The first kappa shape index (κ1) is 14.9. The van der Waals surface area contributed by atoms with Crippen LogP contribution < -0.4 is 10.9 Å². The fourth-order valence-electron chi connectivity index (χ4n) is 2.95. The van der Waals surface area contributed by atoms with Gasteiger partial charge in [0.1, 0.15) is 6.33 Å². The summed E-state index contributed by atoms with van der Waals surface area (Å²) >= 11 is 3.51. The molecular formula is C17H14BrN5O. The molecule has 7 heteroatoms. The van der Waals surface area contributed by atoms with Crippen molar-refractivity contribution in [1.29, 1.82) is 0 Å². The fraction of sp³-hybridized carbons (Fsp3) is 0.118. The molecule has 2 heterocycles. The Balaban J connectivity index is 2.10. The van der Waals surface area contributed by atoms with E-state index in [9.17, 15) is 4.79 Å². The predicted octanol–water partition coefficient (Wildman–Crippen LogP) is 2.90. The van der Waals surface area contributed by atoms with Crippen LogP contribution in [0.3, 0.4) is 0 Å². The van der Waals surface area contributed by atoms with Crippen molar-refractivity contribution in [2.75, 3.05) is 12.4 Å². The number of hydrogen-bond acceptors (Lipinski definition) is 4. The molecule has 0 saturated carbocycles. The minimum atomic E-state index is -0.0972. The maximum atomic E-state index is 13.2. The average Bonchev–Trinajstić information content (AvgIpc) is 3.09. The first-order valence-corrected chi connectivity index (χ1v) is 8.26. The molecule has 0 radical (unpaired) electrons. The summed E-state index contributed by atoms with van der Waals surface area (Å²) in [7, 11) is 1.80. The van der Waals surface area contributed by atoms with Crippen molar-refractivity contribution in [2.45, 2.75) is 6.54 Å². The lowest BCUT2D eigenvalue weighted by Gasteiger charge is -2.13. The summed E-state index contributed by atoms with van der Waals surface area (Å²) in [5.41, 5.74) is 2.47. The van der Waals surface area contributed by atoms with Gasteiger partial charge in [0.2, 0.25) is 5.78 Å². The van der Waals surface area contributed by atoms with Crippen LogP contribution in [0.1, 0.15) is 5.56 Å². The highest BCUT2D eigenvalue weighted by molar-refractivity contribution is 9.10. The third-order valence-electron chi connectivity index (χ3n) is 4.06. The summed E-state index contributed by atoms with van der Waals surface area (Å²) in [4.78, 5) is 13.2. The highest BCUT2D eigenvalue weighted by Gasteiger charge is 2.17. The molecule has 1 N–H and O–H groups in total. The molecule has 0 amide bonds. The summed E-state index contributed by atoms with van der Waals surface area (Å²) < 4.78 is 4.33. The minimum Gasteiger partial charge on any atom is -0.386 e. The van der Waals surface area contributed by atoms with Crippen molar-refractivity contribution in [2.24, 2.45) is 0 Å². The van der Waals surface area contributed by atoms with Crippen LogP contribution in [-0.2, 0) is 6.54 Å². The van der Waals surface area contributed by atoms with E-state index >= 15 is 0 Å². The molecule has 0 saturated heterocycles. The van der Waals surface area contributed by atoms with Crippen molar-refractivity contribution in [3.63, 3.8) is 0 Å². The summed E-state index contributed by atoms with van der Waals surface area (Å²) in [5, 5.41) is 11.9. The predicted molar refractivity (Wildman–Crippen MR) is 97.5 cm³/mol. The summed E-state index contributed by atoms with van der Waals surface area (Å²) in [5.74, 6) is 0.528. The van der Waals surface area contributed by atoms with Crippen molar-refractivity contribution >= 4 is 38.3 Å². The Labute approximate surface area is 145 Å². The van der Waals surface area contributed by atoms with E-state index in [1.54, 1.807) is 17.9 Å². The third kappa shape index (κ3) is 2.20. The second kappa shape index (κ2) is 5.76. The summed E-state index contributed by atoms with van der Waals surface area (Å²) in [6, 6.07) is 13.7. The van der Waals surface area contributed by atoms with Gasteiger partial charge in [0.15, 0.2) is 0 Å². The van der Waals surface area contributed by atoms with Crippen molar-refractivity contribution in [3.8, 4) is 0 Å². The van der Waals surface area contributed by atoms with Crippen molar-refractivity contribution in [3.05, 3.63) is 69.2 Å². The third-order valence-corrected chi connectivity index (χ3v) is 4.72. The van der Waals surface area contributed by atoms with E-state index < -0.39 is 0 Å². The molecule has 4 rings (SSSR count). The monoisotopic (exact) mass is 383 g/mol. The Morgan fingerprint density at radius 3 is 2.71 bits per heavy atom. The molecule has 0 aliphatic rings. The lowest BCUT2D eigenvalue weighted by atomic mass is 10.2. The van der Waals surface area contributed by atoms with Crippen molar-refractivity contribution < 1.29 is 0 Å². The second-order valence-electron chi connectivity index (χ2n) is 5.44. The van der Waals surface area contributed by atoms with Crippen molar-refractivity contribution in [1.82, 2.24) is 19.2 Å². The first-order valence-electron chi connectivity index (χ1n) is 7.47.